The van der Waals surface area contributed by atoms with Crippen molar-refractivity contribution in [3.05, 3.63) is 29.6 Å². The second kappa shape index (κ2) is 6.21. The third-order valence-corrected chi connectivity index (χ3v) is 2.76. The van der Waals surface area contributed by atoms with Crippen molar-refractivity contribution < 1.29 is 4.39 Å². The second-order valence-corrected chi connectivity index (χ2v) is 4.31. The molecule has 0 fully saturated rings. The van der Waals surface area contributed by atoms with Crippen LogP contribution in [0, 0.1) is 17.1 Å². The van der Waals surface area contributed by atoms with Gasteiger partial charge in [-0.25, -0.2) is 4.39 Å². The fourth-order valence-electron chi connectivity index (χ4n) is 1.35. The van der Waals surface area contributed by atoms with E-state index in [2.05, 4.69) is 24.1 Å². The predicted octanol–water partition coefficient (Wildman–Crippen LogP) is 2.45. The van der Waals surface area contributed by atoms with Crippen molar-refractivity contribution in [2.45, 2.75) is 19.9 Å². The minimum absolute atomic E-state index is 0.0786. The molecule has 0 saturated heterocycles. The van der Waals surface area contributed by atoms with E-state index < -0.39 is 5.82 Å². The Hall–Kier alpha value is -1.60. The van der Waals surface area contributed by atoms with Crippen LogP contribution in [0.5, 0.6) is 0 Å². The Morgan fingerprint density at radius 1 is 1.47 bits per heavy atom. The van der Waals surface area contributed by atoms with E-state index in [9.17, 15) is 4.39 Å². The van der Waals surface area contributed by atoms with Crippen molar-refractivity contribution in [3.63, 3.8) is 0 Å². The standard InChI is InChI=1S/C13H18FN3/c1-10(2)17(3)7-6-16-12-5-4-11(9-15)13(14)8-12/h4-5,8,10,16H,6-7H2,1-3H3. The molecule has 0 spiro atoms. The highest BCUT2D eigenvalue weighted by atomic mass is 19.1. The van der Waals surface area contributed by atoms with Gasteiger partial charge in [0.2, 0.25) is 0 Å². The van der Waals surface area contributed by atoms with E-state index >= 15 is 0 Å². The number of anilines is 1. The molecular formula is C13H18FN3. The van der Waals surface area contributed by atoms with Crippen LogP contribution in [0.15, 0.2) is 18.2 Å². The maximum absolute atomic E-state index is 13.3. The van der Waals surface area contributed by atoms with E-state index in [1.807, 2.05) is 7.05 Å². The number of benzene rings is 1. The Morgan fingerprint density at radius 2 is 2.18 bits per heavy atom. The molecule has 0 aliphatic carbocycles. The molecular weight excluding hydrogens is 217 g/mol. The lowest BCUT2D eigenvalue weighted by Gasteiger charge is -2.21. The first kappa shape index (κ1) is 13.5. The number of halogens is 1. The van der Waals surface area contributed by atoms with Gasteiger partial charge in [-0.05, 0) is 39.1 Å². The first-order chi connectivity index (χ1) is 8.04. The SMILES string of the molecule is CC(C)N(C)CCNc1ccc(C#N)c(F)c1. The maximum Gasteiger partial charge on any atom is 0.143 e. The van der Waals surface area contributed by atoms with Crippen molar-refractivity contribution in [3.8, 4) is 6.07 Å². The lowest BCUT2D eigenvalue weighted by Crippen LogP contribution is -2.31. The molecule has 1 rings (SSSR count). The topological polar surface area (TPSA) is 39.1 Å². The zero-order chi connectivity index (χ0) is 12.8. The summed E-state index contributed by atoms with van der Waals surface area (Å²) in [5.41, 5.74) is 0.786. The Morgan fingerprint density at radius 3 is 2.71 bits per heavy atom. The Bertz CT molecular complexity index is 410. The molecule has 0 heterocycles. The molecule has 17 heavy (non-hydrogen) atoms. The van der Waals surface area contributed by atoms with Crippen LogP contribution in [-0.2, 0) is 0 Å². The van der Waals surface area contributed by atoms with Gasteiger partial charge in [-0.1, -0.05) is 0 Å². The van der Waals surface area contributed by atoms with E-state index in [-0.39, 0.29) is 5.56 Å². The van der Waals surface area contributed by atoms with Gasteiger partial charge in [-0.15, -0.1) is 0 Å². The summed E-state index contributed by atoms with van der Waals surface area (Å²) in [6.07, 6.45) is 0. The quantitative estimate of drug-likeness (QED) is 0.852. The van der Waals surface area contributed by atoms with E-state index in [1.54, 1.807) is 12.1 Å². The number of hydrogen-bond donors (Lipinski definition) is 1. The van der Waals surface area contributed by atoms with Gasteiger partial charge in [0.05, 0.1) is 5.56 Å². The molecule has 0 aliphatic heterocycles. The molecule has 1 aromatic rings. The van der Waals surface area contributed by atoms with Crippen LogP contribution in [0.3, 0.4) is 0 Å². The Balaban J connectivity index is 2.48. The van der Waals surface area contributed by atoms with E-state index in [0.29, 0.717) is 11.7 Å². The number of rotatable bonds is 5. The molecule has 0 amide bonds. The fraction of sp³-hybridized carbons (Fsp3) is 0.462. The Labute approximate surface area is 102 Å². The van der Waals surface area contributed by atoms with Crippen molar-refractivity contribution in [2.75, 3.05) is 25.5 Å². The molecule has 3 nitrogen and oxygen atoms in total. The molecule has 1 N–H and O–H groups in total. The minimum Gasteiger partial charge on any atom is -0.384 e. The first-order valence-corrected chi connectivity index (χ1v) is 5.68. The number of hydrogen-bond acceptors (Lipinski definition) is 3. The summed E-state index contributed by atoms with van der Waals surface area (Å²) in [4.78, 5) is 2.20. The summed E-state index contributed by atoms with van der Waals surface area (Å²) in [6, 6.07) is 6.86. The van der Waals surface area contributed by atoms with Crippen LogP contribution in [-0.4, -0.2) is 31.1 Å². The highest BCUT2D eigenvalue weighted by Gasteiger charge is 2.04. The van der Waals surface area contributed by atoms with Crippen LogP contribution < -0.4 is 5.32 Å². The van der Waals surface area contributed by atoms with Gasteiger partial charge in [0.25, 0.3) is 0 Å². The van der Waals surface area contributed by atoms with Crippen molar-refractivity contribution in [1.29, 1.82) is 5.26 Å². The molecule has 0 atom stereocenters. The van der Waals surface area contributed by atoms with Gasteiger partial charge < -0.3 is 10.2 Å². The molecule has 0 saturated carbocycles. The number of nitrogens with zero attached hydrogens (tertiary/aromatic N) is 2. The zero-order valence-corrected chi connectivity index (χ0v) is 10.5. The van der Waals surface area contributed by atoms with Gasteiger partial charge in [0, 0.05) is 24.8 Å². The largest absolute Gasteiger partial charge is 0.384 e. The van der Waals surface area contributed by atoms with Gasteiger partial charge in [-0.3, -0.25) is 0 Å². The van der Waals surface area contributed by atoms with Gasteiger partial charge in [0.15, 0.2) is 0 Å². The average molecular weight is 235 g/mol. The van der Waals surface area contributed by atoms with Crippen LogP contribution in [0.1, 0.15) is 19.4 Å². The van der Waals surface area contributed by atoms with Crippen LogP contribution >= 0.6 is 0 Å². The first-order valence-electron chi connectivity index (χ1n) is 5.68. The third kappa shape index (κ3) is 4.04. The predicted molar refractivity (Wildman–Crippen MR) is 67.4 cm³/mol. The van der Waals surface area contributed by atoms with Gasteiger partial charge >= 0.3 is 0 Å². The molecule has 0 unspecified atom stereocenters. The number of nitriles is 1. The molecule has 0 bridgehead atoms. The number of likely N-dealkylation sites (N-methyl/N-ethyl adjacent to an activating group) is 1. The molecule has 0 aliphatic rings. The van der Waals surface area contributed by atoms with Gasteiger partial charge in [-0.2, -0.15) is 5.26 Å². The smallest absolute Gasteiger partial charge is 0.143 e. The molecule has 0 aromatic heterocycles. The fourth-order valence-corrected chi connectivity index (χ4v) is 1.35. The Kier molecular flexibility index (Phi) is 4.92. The lowest BCUT2D eigenvalue weighted by atomic mass is 10.2. The average Bonchev–Trinajstić information content (AvgIpc) is 2.29. The number of nitrogens with one attached hydrogen (secondary N) is 1. The normalized spacial score (nSPS) is 10.6. The van der Waals surface area contributed by atoms with Crippen LogP contribution in [0.2, 0.25) is 0 Å². The summed E-state index contributed by atoms with van der Waals surface area (Å²) in [6.45, 7) is 5.89. The van der Waals surface area contributed by atoms with Crippen LogP contribution in [0.4, 0.5) is 10.1 Å². The van der Waals surface area contributed by atoms with E-state index in [4.69, 9.17) is 5.26 Å². The summed E-state index contributed by atoms with van der Waals surface area (Å²) < 4.78 is 13.3. The van der Waals surface area contributed by atoms with Crippen molar-refractivity contribution >= 4 is 5.69 Å². The van der Waals surface area contributed by atoms with Crippen LogP contribution in [0.25, 0.3) is 0 Å². The maximum atomic E-state index is 13.3. The third-order valence-electron chi connectivity index (χ3n) is 2.76. The summed E-state index contributed by atoms with van der Waals surface area (Å²) in [5.74, 6) is -0.477. The monoisotopic (exact) mass is 235 g/mol. The van der Waals surface area contributed by atoms with Gasteiger partial charge in [0.1, 0.15) is 11.9 Å². The van der Waals surface area contributed by atoms with E-state index in [1.165, 1.54) is 12.1 Å². The molecule has 1 aromatic carbocycles. The summed E-state index contributed by atoms with van der Waals surface area (Å²) in [7, 11) is 2.05. The minimum atomic E-state index is -0.477. The summed E-state index contributed by atoms with van der Waals surface area (Å²) >= 11 is 0. The summed E-state index contributed by atoms with van der Waals surface area (Å²) in [5, 5.41) is 11.7. The lowest BCUT2D eigenvalue weighted by molar-refractivity contribution is 0.284. The molecule has 4 heteroatoms. The second-order valence-electron chi connectivity index (χ2n) is 4.31. The van der Waals surface area contributed by atoms with Crippen molar-refractivity contribution in [2.24, 2.45) is 0 Å². The molecule has 92 valence electrons. The van der Waals surface area contributed by atoms with Crippen molar-refractivity contribution in [1.82, 2.24) is 4.90 Å². The molecule has 0 radical (unpaired) electrons. The highest BCUT2D eigenvalue weighted by molar-refractivity contribution is 5.48. The van der Waals surface area contributed by atoms with E-state index in [0.717, 1.165) is 13.1 Å². The highest BCUT2D eigenvalue weighted by Crippen LogP contribution is 2.13. The zero-order valence-electron chi connectivity index (χ0n) is 10.5.